The van der Waals surface area contributed by atoms with Gasteiger partial charge >= 0.3 is 0 Å². The van der Waals surface area contributed by atoms with E-state index in [0.29, 0.717) is 19.8 Å². The lowest BCUT2D eigenvalue weighted by Crippen LogP contribution is -2.15. The van der Waals surface area contributed by atoms with Crippen molar-refractivity contribution in [1.82, 2.24) is 4.98 Å². The van der Waals surface area contributed by atoms with Crippen molar-refractivity contribution in [2.45, 2.75) is 6.42 Å². The van der Waals surface area contributed by atoms with Gasteiger partial charge in [0.25, 0.3) is 0 Å². The maximum Gasteiger partial charge on any atom is 0.162 e. The Hall–Kier alpha value is -1.11. The summed E-state index contributed by atoms with van der Waals surface area (Å²) in [6.45, 7) is 1.80. The van der Waals surface area contributed by atoms with Crippen LogP contribution in [0, 0.1) is 0 Å². The number of thiazole rings is 1. The van der Waals surface area contributed by atoms with Crippen LogP contribution in [0.2, 0.25) is 0 Å². The second-order valence-electron chi connectivity index (χ2n) is 4.14. The molecule has 0 saturated heterocycles. The van der Waals surface area contributed by atoms with Crippen LogP contribution in [0.1, 0.15) is 5.01 Å². The summed E-state index contributed by atoms with van der Waals surface area (Å²) in [7, 11) is 0. The second kappa shape index (κ2) is 5.48. The third-order valence-corrected chi connectivity index (χ3v) is 4.38. The zero-order valence-corrected chi connectivity index (χ0v) is 12.6. The van der Waals surface area contributed by atoms with Crippen LogP contribution < -0.4 is 15.2 Å². The van der Waals surface area contributed by atoms with Crippen molar-refractivity contribution in [1.29, 1.82) is 0 Å². The highest BCUT2D eigenvalue weighted by molar-refractivity contribution is 9.10. The van der Waals surface area contributed by atoms with Gasteiger partial charge in [0.15, 0.2) is 11.5 Å². The molecule has 2 heterocycles. The van der Waals surface area contributed by atoms with Crippen LogP contribution in [0.15, 0.2) is 22.0 Å². The number of ether oxygens (including phenoxy) is 2. The number of hydrogen-bond acceptors (Lipinski definition) is 5. The molecule has 2 aromatic rings. The minimum absolute atomic E-state index is 0.587. The van der Waals surface area contributed by atoms with Gasteiger partial charge < -0.3 is 15.2 Å². The molecule has 1 aliphatic heterocycles. The molecule has 2 N–H and O–H groups in total. The summed E-state index contributed by atoms with van der Waals surface area (Å²) in [5, 5.41) is 3.10. The molecule has 1 aliphatic rings. The summed E-state index contributed by atoms with van der Waals surface area (Å²) in [5.41, 5.74) is 7.51. The van der Waals surface area contributed by atoms with Gasteiger partial charge in [0.2, 0.25) is 0 Å². The number of nitrogens with two attached hydrogens (primary N) is 1. The minimum Gasteiger partial charge on any atom is -0.486 e. The molecule has 19 heavy (non-hydrogen) atoms. The average molecular weight is 341 g/mol. The molecule has 0 bridgehead atoms. The summed E-state index contributed by atoms with van der Waals surface area (Å²) >= 11 is 5.20. The lowest BCUT2D eigenvalue weighted by atomic mass is 10.1. The molecular formula is C13H13BrN2O2S. The fourth-order valence-electron chi connectivity index (χ4n) is 1.93. The summed E-state index contributed by atoms with van der Waals surface area (Å²) in [5.74, 6) is 1.55. The third-order valence-electron chi connectivity index (χ3n) is 2.82. The van der Waals surface area contributed by atoms with Crippen LogP contribution in [-0.2, 0) is 6.42 Å². The first kappa shape index (κ1) is 12.9. The van der Waals surface area contributed by atoms with E-state index < -0.39 is 0 Å². The molecule has 0 spiro atoms. The van der Waals surface area contributed by atoms with E-state index in [-0.39, 0.29) is 0 Å². The van der Waals surface area contributed by atoms with Crippen molar-refractivity contribution < 1.29 is 9.47 Å². The van der Waals surface area contributed by atoms with Crippen molar-refractivity contribution in [3.8, 4) is 22.8 Å². The van der Waals surface area contributed by atoms with E-state index in [9.17, 15) is 0 Å². The van der Waals surface area contributed by atoms with Gasteiger partial charge in [0, 0.05) is 21.8 Å². The number of fused-ring (bicyclic) bond motifs is 1. The highest BCUT2D eigenvalue weighted by Crippen LogP contribution is 2.40. The first-order valence-electron chi connectivity index (χ1n) is 6.02. The highest BCUT2D eigenvalue weighted by Gasteiger charge is 2.17. The van der Waals surface area contributed by atoms with E-state index in [4.69, 9.17) is 15.2 Å². The van der Waals surface area contributed by atoms with Gasteiger partial charge in [-0.05, 0) is 34.6 Å². The van der Waals surface area contributed by atoms with E-state index in [2.05, 4.69) is 20.9 Å². The number of rotatable bonds is 3. The van der Waals surface area contributed by atoms with Gasteiger partial charge in [0.05, 0.1) is 10.7 Å². The minimum atomic E-state index is 0.587. The van der Waals surface area contributed by atoms with Crippen LogP contribution in [0.4, 0.5) is 0 Å². The Labute approximate surface area is 123 Å². The maximum atomic E-state index is 5.60. The molecule has 0 unspecified atom stereocenters. The number of aromatic nitrogens is 1. The molecular weight excluding hydrogens is 328 g/mol. The lowest BCUT2D eigenvalue weighted by molar-refractivity contribution is 0.171. The van der Waals surface area contributed by atoms with Gasteiger partial charge in [-0.3, -0.25) is 0 Å². The lowest BCUT2D eigenvalue weighted by Gasteiger charge is -2.19. The molecule has 4 nitrogen and oxygen atoms in total. The zero-order valence-electron chi connectivity index (χ0n) is 10.2. The van der Waals surface area contributed by atoms with Crippen molar-refractivity contribution in [2.24, 2.45) is 5.73 Å². The molecule has 0 aliphatic carbocycles. The van der Waals surface area contributed by atoms with Crippen molar-refractivity contribution in [3.63, 3.8) is 0 Å². The first-order valence-corrected chi connectivity index (χ1v) is 7.69. The zero-order chi connectivity index (χ0) is 13.2. The van der Waals surface area contributed by atoms with E-state index in [0.717, 1.165) is 38.7 Å². The summed E-state index contributed by atoms with van der Waals surface area (Å²) in [6, 6.07) is 3.91. The van der Waals surface area contributed by atoms with Crippen molar-refractivity contribution >= 4 is 27.3 Å². The molecule has 3 rings (SSSR count). The largest absolute Gasteiger partial charge is 0.486 e. The number of halogens is 1. The Bertz CT molecular complexity index is 600. The van der Waals surface area contributed by atoms with Crippen LogP contribution in [0.25, 0.3) is 11.3 Å². The molecule has 0 radical (unpaired) electrons. The third kappa shape index (κ3) is 2.61. The second-order valence-corrected chi connectivity index (χ2v) is 5.94. The van der Waals surface area contributed by atoms with E-state index in [1.54, 1.807) is 11.3 Å². The molecule has 0 amide bonds. The quantitative estimate of drug-likeness (QED) is 0.933. The normalized spacial score (nSPS) is 13.6. The van der Waals surface area contributed by atoms with Gasteiger partial charge in [-0.1, -0.05) is 0 Å². The predicted octanol–water partition coefficient (Wildman–Crippen LogP) is 2.85. The van der Waals surface area contributed by atoms with E-state index in [1.165, 1.54) is 0 Å². The molecule has 6 heteroatoms. The predicted molar refractivity (Wildman–Crippen MR) is 79.0 cm³/mol. The molecule has 1 aromatic heterocycles. The Morgan fingerprint density at radius 2 is 2.00 bits per heavy atom. The SMILES string of the molecule is NCCc1nc(-c2cc3c(cc2Br)OCCO3)cs1. The Morgan fingerprint density at radius 1 is 1.26 bits per heavy atom. The van der Waals surface area contributed by atoms with Gasteiger partial charge in [-0.25, -0.2) is 4.98 Å². The standard InChI is InChI=1S/C13H13BrN2O2S/c14-9-6-12-11(17-3-4-18-12)5-8(9)10-7-19-13(16-10)1-2-15/h5-7H,1-4,15H2. The Kier molecular flexibility index (Phi) is 3.72. The monoisotopic (exact) mass is 340 g/mol. The molecule has 100 valence electrons. The maximum absolute atomic E-state index is 5.60. The van der Waals surface area contributed by atoms with Crippen molar-refractivity contribution in [3.05, 3.63) is 27.0 Å². The number of nitrogens with zero attached hydrogens (tertiary/aromatic N) is 1. The number of benzene rings is 1. The first-order chi connectivity index (χ1) is 9.28. The highest BCUT2D eigenvalue weighted by atomic mass is 79.9. The Balaban J connectivity index is 1.99. The smallest absolute Gasteiger partial charge is 0.162 e. The van der Waals surface area contributed by atoms with Crippen LogP contribution in [0.3, 0.4) is 0 Å². The number of hydrogen-bond donors (Lipinski definition) is 1. The van der Waals surface area contributed by atoms with Gasteiger partial charge in [0.1, 0.15) is 13.2 Å². The molecule has 0 saturated carbocycles. The summed E-state index contributed by atoms with van der Waals surface area (Å²) in [4.78, 5) is 4.59. The molecule has 0 atom stereocenters. The fraction of sp³-hybridized carbons (Fsp3) is 0.308. The van der Waals surface area contributed by atoms with Crippen LogP contribution >= 0.6 is 27.3 Å². The Morgan fingerprint density at radius 3 is 2.74 bits per heavy atom. The summed E-state index contributed by atoms with van der Waals surface area (Å²) in [6.07, 6.45) is 0.812. The average Bonchev–Trinajstić information content (AvgIpc) is 2.87. The fourth-order valence-corrected chi connectivity index (χ4v) is 3.27. The van der Waals surface area contributed by atoms with Crippen molar-refractivity contribution in [2.75, 3.05) is 19.8 Å². The van der Waals surface area contributed by atoms with Gasteiger partial charge in [-0.2, -0.15) is 0 Å². The van der Waals surface area contributed by atoms with E-state index >= 15 is 0 Å². The van der Waals surface area contributed by atoms with Crippen LogP contribution in [0.5, 0.6) is 11.5 Å². The van der Waals surface area contributed by atoms with E-state index in [1.807, 2.05) is 17.5 Å². The molecule has 0 fully saturated rings. The summed E-state index contributed by atoms with van der Waals surface area (Å²) < 4.78 is 12.1. The van der Waals surface area contributed by atoms with Gasteiger partial charge in [-0.15, -0.1) is 11.3 Å². The topological polar surface area (TPSA) is 57.4 Å². The molecule has 1 aromatic carbocycles. The van der Waals surface area contributed by atoms with Crippen LogP contribution in [-0.4, -0.2) is 24.7 Å².